The van der Waals surface area contributed by atoms with E-state index in [0.29, 0.717) is 13.1 Å². The lowest BCUT2D eigenvalue weighted by molar-refractivity contribution is 0.0760. The van der Waals surface area contributed by atoms with Gasteiger partial charge >= 0.3 is 0 Å². The van der Waals surface area contributed by atoms with Crippen LogP contribution in [0.4, 0.5) is 0 Å². The minimum Gasteiger partial charge on any atom is -0.454 e. The van der Waals surface area contributed by atoms with Crippen molar-refractivity contribution in [2.75, 3.05) is 33.5 Å². The second-order valence-electron chi connectivity index (χ2n) is 6.70. The zero-order chi connectivity index (χ0) is 17.9. The van der Waals surface area contributed by atoms with Gasteiger partial charge in [0.2, 0.25) is 6.79 Å². The Labute approximate surface area is 157 Å². The Morgan fingerprint density at radius 2 is 2.12 bits per heavy atom. The molecule has 0 fully saturated rings. The number of amides is 1. The second kappa shape index (κ2) is 7.51. The third-order valence-electron chi connectivity index (χ3n) is 4.73. The summed E-state index contributed by atoms with van der Waals surface area (Å²) in [5.41, 5.74) is 2.38. The number of hydrogen-bond acceptors (Lipinski definition) is 5. The molecule has 0 spiro atoms. The van der Waals surface area contributed by atoms with Crippen molar-refractivity contribution in [3.8, 4) is 11.5 Å². The zero-order valence-electron chi connectivity index (χ0n) is 14.8. The van der Waals surface area contributed by atoms with Crippen LogP contribution in [0.2, 0.25) is 0 Å². The van der Waals surface area contributed by atoms with Gasteiger partial charge in [0.15, 0.2) is 11.5 Å². The number of nitrogens with zero attached hydrogens (tertiary/aromatic N) is 2. The van der Waals surface area contributed by atoms with E-state index in [2.05, 4.69) is 18.0 Å². The molecule has 0 bridgehead atoms. The molecule has 2 aliphatic rings. The number of hydrogen-bond donors (Lipinski definition) is 0. The number of benzene rings is 1. The molecule has 26 heavy (non-hydrogen) atoms. The first-order valence-corrected chi connectivity index (χ1v) is 9.65. The van der Waals surface area contributed by atoms with E-state index in [4.69, 9.17) is 9.47 Å². The van der Waals surface area contributed by atoms with Gasteiger partial charge in [0.1, 0.15) is 0 Å². The lowest BCUT2D eigenvalue weighted by atomic mass is 10.1. The van der Waals surface area contributed by atoms with E-state index in [1.165, 1.54) is 16.9 Å². The molecular formula is C20H22N2O3S. The molecule has 2 aliphatic heterocycles. The van der Waals surface area contributed by atoms with Crippen LogP contribution in [0, 0.1) is 0 Å². The van der Waals surface area contributed by atoms with E-state index >= 15 is 0 Å². The number of carbonyl (C=O) groups excluding carboxylic acids is 1. The van der Waals surface area contributed by atoms with Crippen LogP contribution in [-0.2, 0) is 6.54 Å². The minimum atomic E-state index is 0.0810. The first-order valence-electron chi connectivity index (χ1n) is 8.77. The van der Waals surface area contributed by atoms with Gasteiger partial charge in [0.25, 0.3) is 5.91 Å². The summed E-state index contributed by atoms with van der Waals surface area (Å²) in [4.78, 5) is 18.0. The van der Waals surface area contributed by atoms with Gasteiger partial charge in [0.05, 0.1) is 4.88 Å². The summed E-state index contributed by atoms with van der Waals surface area (Å²) in [6.07, 6.45) is 3.25. The molecule has 0 saturated heterocycles. The van der Waals surface area contributed by atoms with Crippen LogP contribution in [-0.4, -0.2) is 49.2 Å². The monoisotopic (exact) mass is 370 g/mol. The highest BCUT2D eigenvalue weighted by Gasteiger charge is 2.21. The largest absolute Gasteiger partial charge is 0.454 e. The standard InChI is InChI=1S/C20H22N2O3S/c1-21-8-6-15(7-9-21)12-22(20(23)19-3-2-10-26-19)13-16-4-5-17-18(11-16)25-14-24-17/h2-6,10-11H,7-9,12-14H2,1H3. The maximum atomic E-state index is 13.0. The van der Waals surface area contributed by atoms with E-state index in [-0.39, 0.29) is 12.7 Å². The highest BCUT2D eigenvalue weighted by Crippen LogP contribution is 2.33. The fourth-order valence-corrected chi connectivity index (χ4v) is 3.91. The van der Waals surface area contributed by atoms with Gasteiger partial charge in [-0.3, -0.25) is 4.79 Å². The molecule has 0 N–H and O–H groups in total. The topological polar surface area (TPSA) is 42.0 Å². The predicted octanol–water partition coefficient (Wildman–Crippen LogP) is 3.38. The van der Waals surface area contributed by atoms with E-state index in [0.717, 1.165) is 41.4 Å². The molecule has 1 aromatic carbocycles. The third kappa shape index (κ3) is 3.76. The van der Waals surface area contributed by atoms with Crippen molar-refractivity contribution in [3.05, 3.63) is 57.8 Å². The van der Waals surface area contributed by atoms with Crippen LogP contribution in [0.1, 0.15) is 21.7 Å². The van der Waals surface area contributed by atoms with Crippen LogP contribution in [0.15, 0.2) is 47.4 Å². The lowest BCUT2D eigenvalue weighted by Crippen LogP contribution is -2.34. The molecule has 4 rings (SSSR count). The quantitative estimate of drug-likeness (QED) is 0.757. The fraction of sp³-hybridized carbons (Fsp3) is 0.350. The number of ether oxygens (including phenoxy) is 2. The Morgan fingerprint density at radius 3 is 2.88 bits per heavy atom. The number of fused-ring (bicyclic) bond motifs is 1. The molecule has 5 nitrogen and oxygen atoms in total. The summed E-state index contributed by atoms with van der Waals surface area (Å²) in [7, 11) is 2.12. The van der Waals surface area contributed by atoms with Crippen LogP contribution >= 0.6 is 11.3 Å². The Kier molecular flexibility index (Phi) is 4.95. The van der Waals surface area contributed by atoms with Gasteiger partial charge in [-0.05, 0) is 42.6 Å². The highest BCUT2D eigenvalue weighted by molar-refractivity contribution is 7.12. The molecule has 0 unspecified atom stereocenters. The van der Waals surface area contributed by atoms with Crippen molar-refractivity contribution in [1.82, 2.24) is 9.80 Å². The third-order valence-corrected chi connectivity index (χ3v) is 5.59. The van der Waals surface area contributed by atoms with Crippen molar-refractivity contribution >= 4 is 17.2 Å². The fourth-order valence-electron chi connectivity index (χ4n) is 3.22. The van der Waals surface area contributed by atoms with E-state index in [9.17, 15) is 4.79 Å². The SMILES string of the molecule is CN1CC=C(CN(Cc2ccc3c(c2)OCO3)C(=O)c2cccs2)CC1. The molecule has 0 saturated carbocycles. The number of thiophene rings is 1. The average Bonchev–Trinajstić information content (AvgIpc) is 3.33. The van der Waals surface area contributed by atoms with Gasteiger partial charge in [-0.2, -0.15) is 0 Å². The maximum absolute atomic E-state index is 13.0. The van der Waals surface area contributed by atoms with Crippen LogP contribution in [0.25, 0.3) is 0 Å². The lowest BCUT2D eigenvalue weighted by Gasteiger charge is -2.28. The van der Waals surface area contributed by atoms with Crippen molar-refractivity contribution in [1.29, 1.82) is 0 Å². The highest BCUT2D eigenvalue weighted by atomic mass is 32.1. The summed E-state index contributed by atoms with van der Waals surface area (Å²) in [5, 5.41) is 1.95. The summed E-state index contributed by atoms with van der Waals surface area (Å²) in [6, 6.07) is 9.71. The molecule has 0 aliphatic carbocycles. The van der Waals surface area contributed by atoms with Crippen molar-refractivity contribution < 1.29 is 14.3 Å². The Balaban J connectivity index is 1.55. The minimum absolute atomic E-state index is 0.0810. The number of likely N-dealkylation sites (N-methyl/N-ethyl adjacent to an activating group) is 1. The zero-order valence-corrected chi connectivity index (χ0v) is 15.6. The molecule has 136 valence electrons. The van der Waals surface area contributed by atoms with Crippen LogP contribution < -0.4 is 9.47 Å². The Bertz CT molecular complexity index is 816. The van der Waals surface area contributed by atoms with Gasteiger partial charge in [-0.25, -0.2) is 0 Å². The maximum Gasteiger partial charge on any atom is 0.264 e. The molecule has 0 radical (unpaired) electrons. The van der Waals surface area contributed by atoms with Gasteiger partial charge in [-0.15, -0.1) is 11.3 Å². The normalized spacial score (nSPS) is 16.4. The van der Waals surface area contributed by atoms with E-state index in [1.54, 1.807) is 0 Å². The van der Waals surface area contributed by atoms with Crippen molar-refractivity contribution in [2.24, 2.45) is 0 Å². The molecule has 1 amide bonds. The summed E-state index contributed by atoms with van der Waals surface area (Å²) >= 11 is 1.49. The van der Waals surface area contributed by atoms with Crippen LogP contribution in [0.3, 0.4) is 0 Å². The summed E-state index contributed by atoms with van der Waals surface area (Å²) < 4.78 is 10.9. The first-order chi connectivity index (χ1) is 12.7. The Morgan fingerprint density at radius 1 is 1.23 bits per heavy atom. The molecule has 2 aromatic rings. The smallest absolute Gasteiger partial charge is 0.264 e. The first kappa shape index (κ1) is 17.1. The molecule has 6 heteroatoms. The number of carbonyl (C=O) groups is 1. The van der Waals surface area contributed by atoms with Gasteiger partial charge < -0.3 is 19.3 Å². The summed E-state index contributed by atoms with van der Waals surface area (Å²) in [5.74, 6) is 1.60. The number of rotatable bonds is 5. The Hall–Kier alpha value is -2.31. The van der Waals surface area contributed by atoms with Gasteiger partial charge in [-0.1, -0.05) is 23.8 Å². The van der Waals surface area contributed by atoms with Crippen molar-refractivity contribution in [3.63, 3.8) is 0 Å². The van der Waals surface area contributed by atoms with E-state index < -0.39 is 0 Å². The van der Waals surface area contributed by atoms with E-state index in [1.807, 2.05) is 40.6 Å². The molecule has 0 atom stereocenters. The predicted molar refractivity (Wildman–Crippen MR) is 102 cm³/mol. The second-order valence-corrected chi connectivity index (χ2v) is 7.65. The molecular weight excluding hydrogens is 348 g/mol. The summed E-state index contributed by atoms with van der Waals surface area (Å²) in [6.45, 7) is 3.47. The molecule has 3 heterocycles. The van der Waals surface area contributed by atoms with Crippen LogP contribution in [0.5, 0.6) is 11.5 Å². The van der Waals surface area contributed by atoms with Gasteiger partial charge in [0, 0.05) is 26.2 Å². The average molecular weight is 370 g/mol. The molecule has 1 aromatic heterocycles. The van der Waals surface area contributed by atoms with Crippen molar-refractivity contribution in [2.45, 2.75) is 13.0 Å².